The Kier molecular flexibility index (Phi) is 7.91. The Balaban J connectivity index is 0.00000312. The van der Waals surface area contributed by atoms with Crippen molar-refractivity contribution in [3.63, 3.8) is 0 Å². The minimum absolute atomic E-state index is 0. The van der Waals surface area contributed by atoms with Gasteiger partial charge in [0.1, 0.15) is 6.61 Å². The second kappa shape index (κ2) is 9.02. The third kappa shape index (κ3) is 5.44. The molecule has 1 aliphatic rings. The van der Waals surface area contributed by atoms with Crippen molar-refractivity contribution >= 4 is 39.8 Å². The molecule has 142 valence electrons. The van der Waals surface area contributed by atoms with Crippen LogP contribution in [0.2, 0.25) is 0 Å². The molecule has 0 unspecified atom stereocenters. The summed E-state index contributed by atoms with van der Waals surface area (Å²) >= 11 is 0. The molecule has 1 fully saturated rings. The first-order valence-corrected chi connectivity index (χ1v) is 9.47. The maximum atomic E-state index is 13.5. The lowest BCUT2D eigenvalue weighted by molar-refractivity contribution is 0.299. The number of nitrogens with one attached hydrogen (secondary N) is 1. The van der Waals surface area contributed by atoms with Crippen LogP contribution in [0.25, 0.3) is 0 Å². The van der Waals surface area contributed by atoms with Gasteiger partial charge in [-0.1, -0.05) is 12.1 Å². The number of ether oxygens (including phenoxy) is 1. The number of nitrogens with zero attached hydrogens (tertiary/aromatic N) is 2. The molecular formula is C16H25FIN3O3S. The first kappa shape index (κ1) is 21.9. The summed E-state index contributed by atoms with van der Waals surface area (Å²) in [5.41, 5.74) is 0. The summed E-state index contributed by atoms with van der Waals surface area (Å²) in [6.07, 6.45) is 0. The average molecular weight is 485 g/mol. The zero-order chi connectivity index (χ0) is 17.8. The van der Waals surface area contributed by atoms with Crippen LogP contribution in [0.5, 0.6) is 5.75 Å². The minimum Gasteiger partial charge on any atom is -0.489 e. The molecule has 6 nitrogen and oxygen atoms in total. The van der Waals surface area contributed by atoms with E-state index in [-0.39, 0.29) is 42.1 Å². The maximum Gasteiger partial charge on any atom is 0.193 e. The van der Waals surface area contributed by atoms with Crippen molar-refractivity contribution < 1.29 is 17.5 Å². The van der Waals surface area contributed by atoms with E-state index in [0.717, 1.165) is 0 Å². The number of aliphatic imine (C=N–C) groups is 1. The van der Waals surface area contributed by atoms with E-state index in [9.17, 15) is 12.8 Å². The van der Waals surface area contributed by atoms with Gasteiger partial charge in [0.05, 0.1) is 17.0 Å². The summed E-state index contributed by atoms with van der Waals surface area (Å²) in [6, 6.07) is 6.23. The Labute approximate surface area is 165 Å². The number of hydrogen-bond donors (Lipinski definition) is 1. The third-order valence-electron chi connectivity index (χ3n) is 4.03. The standard InChI is InChI=1S/C16H24FN3O3S.HI/c1-16(2)12-20(9-11-24(16,21)22)15(18-3)19-8-10-23-14-7-5-4-6-13(14)17;/h4-7H,8-12H2,1-3H3,(H,18,19);1H. The normalized spacial score (nSPS) is 19.0. The number of hydrogen-bond acceptors (Lipinski definition) is 4. The summed E-state index contributed by atoms with van der Waals surface area (Å²) in [5, 5.41) is 3.13. The summed E-state index contributed by atoms with van der Waals surface area (Å²) in [6.45, 7) is 4.94. The highest BCUT2D eigenvalue weighted by Crippen LogP contribution is 2.23. The molecule has 2 rings (SSSR count). The fraction of sp³-hybridized carbons (Fsp3) is 0.562. The van der Waals surface area contributed by atoms with E-state index in [1.165, 1.54) is 6.07 Å². The van der Waals surface area contributed by atoms with Gasteiger partial charge in [0.15, 0.2) is 27.4 Å². The smallest absolute Gasteiger partial charge is 0.193 e. The Morgan fingerprint density at radius 1 is 1.40 bits per heavy atom. The number of halogens is 2. The van der Waals surface area contributed by atoms with Crippen LogP contribution in [0.4, 0.5) is 4.39 Å². The molecule has 1 N–H and O–H groups in total. The molecule has 0 saturated carbocycles. The van der Waals surface area contributed by atoms with Gasteiger partial charge in [-0.3, -0.25) is 4.99 Å². The molecule has 25 heavy (non-hydrogen) atoms. The third-order valence-corrected chi connectivity index (χ3v) is 6.57. The van der Waals surface area contributed by atoms with Gasteiger partial charge < -0.3 is 15.0 Å². The molecule has 0 spiro atoms. The molecule has 0 atom stereocenters. The van der Waals surface area contributed by atoms with Crippen molar-refractivity contribution in [1.29, 1.82) is 0 Å². The Morgan fingerprint density at radius 2 is 2.08 bits per heavy atom. The topological polar surface area (TPSA) is 71.0 Å². The summed E-state index contributed by atoms with van der Waals surface area (Å²) < 4.78 is 42.2. The van der Waals surface area contributed by atoms with E-state index < -0.39 is 20.4 Å². The maximum absolute atomic E-state index is 13.5. The molecular weight excluding hydrogens is 460 g/mol. The molecule has 1 saturated heterocycles. The first-order chi connectivity index (χ1) is 11.3. The van der Waals surface area contributed by atoms with Gasteiger partial charge in [-0.15, -0.1) is 24.0 Å². The van der Waals surface area contributed by atoms with Crippen LogP contribution >= 0.6 is 24.0 Å². The Morgan fingerprint density at radius 3 is 2.68 bits per heavy atom. The molecule has 0 radical (unpaired) electrons. The summed E-state index contributed by atoms with van der Waals surface area (Å²) in [4.78, 5) is 6.11. The second-order valence-corrected chi connectivity index (χ2v) is 9.00. The van der Waals surface area contributed by atoms with Crippen molar-refractivity contribution in [2.45, 2.75) is 18.6 Å². The second-order valence-electron chi connectivity index (χ2n) is 6.25. The van der Waals surface area contributed by atoms with Crippen LogP contribution in [0, 0.1) is 5.82 Å². The van der Waals surface area contributed by atoms with Gasteiger partial charge in [0, 0.05) is 20.1 Å². The Bertz CT molecular complexity index is 710. The molecule has 1 aromatic rings. The monoisotopic (exact) mass is 485 g/mol. The number of para-hydroxylation sites is 1. The lowest BCUT2D eigenvalue weighted by Gasteiger charge is -2.39. The first-order valence-electron chi connectivity index (χ1n) is 7.82. The largest absolute Gasteiger partial charge is 0.489 e. The Hall–Kier alpha value is -1.10. The molecule has 0 bridgehead atoms. The van der Waals surface area contributed by atoms with E-state index in [0.29, 0.717) is 25.6 Å². The van der Waals surface area contributed by atoms with Crippen molar-refractivity contribution in [3.05, 3.63) is 30.1 Å². The van der Waals surface area contributed by atoms with Gasteiger partial charge in [-0.2, -0.15) is 0 Å². The highest BCUT2D eigenvalue weighted by atomic mass is 127. The van der Waals surface area contributed by atoms with Crippen LogP contribution < -0.4 is 10.1 Å². The predicted molar refractivity (Wildman–Crippen MR) is 108 cm³/mol. The highest BCUT2D eigenvalue weighted by Gasteiger charge is 2.40. The quantitative estimate of drug-likeness (QED) is 0.306. The molecule has 1 aliphatic heterocycles. The lowest BCUT2D eigenvalue weighted by atomic mass is 10.2. The van der Waals surface area contributed by atoms with Gasteiger partial charge in [0.2, 0.25) is 0 Å². The molecule has 1 heterocycles. The van der Waals surface area contributed by atoms with Crippen molar-refractivity contribution in [2.24, 2.45) is 4.99 Å². The van der Waals surface area contributed by atoms with Gasteiger partial charge >= 0.3 is 0 Å². The van der Waals surface area contributed by atoms with Crippen LogP contribution in [-0.4, -0.2) is 63.1 Å². The SMILES string of the molecule is CN=C(NCCOc1ccccc1F)N1CCS(=O)(=O)C(C)(C)C1.I. The summed E-state index contributed by atoms with van der Waals surface area (Å²) in [5.74, 6) is 0.534. The van der Waals surface area contributed by atoms with E-state index in [4.69, 9.17) is 4.74 Å². The predicted octanol–water partition coefficient (Wildman–Crippen LogP) is 1.91. The van der Waals surface area contributed by atoms with Gasteiger partial charge in [-0.05, 0) is 26.0 Å². The van der Waals surface area contributed by atoms with E-state index >= 15 is 0 Å². The fourth-order valence-corrected chi connectivity index (χ4v) is 3.91. The van der Waals surface area contributed by atoms with Crippen molar-refractivity contribution in [3.8, 4) is 5.75 Å². The highest BCUT2D eigenvalue weighted by molar-refractivity contribution is 14.0. The molecule has 0 aliphatic carbocycles. The van der Waals surface area contributed by atoms with Crippen LogP contribution in [0.15, 0.2) is 29.3 Å². The number of sulfone groups is 1. The molecule has 9 heteroatoms. The van der Waals surface area contributed by atoms with Crippen molar-refractivity contribution in [2.75, 3.05) is 39.0 Å². The van der Waals surface area contributed by atoms with E-state index in [1.807, 2.05) is 4.90 Å². The zero-order valence-corrected chi connectivity index (χ0v) is 17.8. The molecule has 0 amide bonds. The number of rotatable bonds is 4. The fourth-order valence-electron chi connectivity index (χ4n) is 2.54. The summed E-state index contributed by atoms with van der Waals surface area (Å²) in [7, 11) is -1.44. The van der Waals surface area contributed by atoms with Gasteiger partial charge in [0.25, 0.3) is 0 Å². The van der Waals surface area contributed by atoms with E-state index in [1.54, 1.807) is 39.1 Å². The van der Waals surface area contributed by atoms with Gasteiger partial charge in [-0.25, -0.2) is 12.8 Å². The average Bonchev–Trinajstić information content (AvgIpc) is 2.52. The molecule has 0 aromatic heterocycles. The lowest BCUT2D eigenvalue weighted by Crippen LogP contribution is -2.57. The van der Waals surface area contributed by atoms with Crippen LogP contribution in [-0.2, 0) is 9.84 Å². The van der Waals surface area contributed by atoms with Crippen LogP contribution in [0.1, 0.15) is 13.8 Å². The van der Waals surface area contributed by atoms with Crippen LogP contribution in [0.3, 0.4) is 0 Å². The molecule has 1 aromatic carbocycles. The number of benzene rings is 1. The number of guanidine groups is 1. The van der Waals surface area contributed by atoms with Crippen molar-refractivity contribution in [1.82, 2.24) is 10.2 Å². The van der Waals surface area contributed by atoms with E-state index in [2.05, 4.69) is 10.3 Å². The minimum atomic E-state index is -3.09. The zero-order valence-electron chi connectivity index (χ0n) is 14.7.